The summed E-state index contributed by atoms with van der Waals surface area (Å²) < 4.78 is 25.3. The molecule has 0 bridgehead atoms. The molecule has 0 amide bonds. The third kappa shape index (κ3) is 3.33. The standard InChI is InChI=1S/C12H16N2O5S/c15-10-7-11(12(16)17)14(8-10)20(18,19)6-3-9-1-4-13-5-2-9/h1-2,4-5,10-11,15H,3,6-8H2,(H,16,17)/t10?,11-/m0/s1. The molecular formula is C12H16N2O5S. The van der Waals surface area contributed by atoms with Gasteiger partial charge in [0.2, 0.25) is 10.0 Å². The van der Waals surface area contributed by atoms with Crippen molar-refractivity contribution in [1.29, 1.82) is 0 Å². The molecule has 7 nitrogen and oxygen atoms in total. The number of carboxylic acid groups (broad SMARTS) is 1. The highest BCUT2D eigenvalue weighted by Gasteiger charge is 2.42. The van der Waals surface area contributed by atoms with Gasteiger partial charge in [0.1, 0.15) is 6.04 Å². The first-order valence-electron chi connectivity index (χ1n) is 6.19. The summed E-state index contributed by atoms with van der Waals surface area (Å²) in [6, 6.07) is 2.25. The minimum absolute atomic E-state index is 0.0657. The highest BCUT2D eigenvalue weighted by Crippen LogP contribution is 2.22. The van der Waals surface area contributed by atoms with Crippen molar-refractivity contribution in [2.45, 2.75) is 25.0 Å². The third-order valence-electron chi connectivity index (χ3n) is 3.27. The van der Waals surface area contributed by atoms with E-state index in [1.165, 1.54) is 0 Å². The molecule has 2 heterocycles. The molecule has 110 valence electrons. The van der Waals surface area contributed by atoms with E-state index in [0.717, 1.165) is 9.87 Å². The number of β-amino-alcohol motifs (C(OH)–C–C–N with tert-alkyl or cyclic N) is 1. The number of hydrogen-bond donors (Lipinski definition) is 2. The lowest BCUT2D eigenvalue weighted by Gasteiger charge is -2.20. The lowest BCUT2D eigenvalue weighted by molar-refractivity contribution is -0.140. The normalized spacial score (nSPS) is 23.9. The van der Waals surface area contributed by atoms with E-state index in [0.29, 0.717) is 0 Å². The van der Waals surface area contributed by atoms with Gasteiger partial charge < -0.3 is 10.2 Å². The summed E-state index contributed by atoms with van der Waals surface area (Å²) in [5.41, 5.74) is 0.815. The number of hydrogen-bond acceptors (Lipinski definition) is 5. The Morgan fingerprint density at radius 2 is 2.05 bits per heavy atom. The number of aromatic nitrogens is 1. The topological polar surface area (TPSA) is 108 Å². The molecule has 0 saturated carbocycles. The number of aliphatic hydroxyl groups is 1. The Balaban J connectivity index is 2.08. The number of nitrogens with zero attached hydrogens (tertiary/aromatic N) is 2. The highest BCUT2D eigenvalue weighted by atomic mass is 32.2. The Bertz CT molecular complexity index is 575. The second-order valence-electron chi connectivity index (χ2n) is 4.73. The van der Waals surface area contributed by atoms with Gasteiger partial charge in [-0.25, -0.2) is 8.42 Å². The molecule has 2 rings (SSSR count). The number of aryl methyl sites for hydroxylation is 1. The number of rotatable bonds is 5. The van der Waals surface area contributed by atoms with Gasteiger partial charge >= 0.3 is 5.97 Å². The molecule has 0 radical (unpaired) electrons. The predicted molar refractivity (Wildman–Crippen MR) is 70.5 cm³/mol. The Hall–Kier alpha value is -1.51. The number of aliphatic hydroxyl groups excluding tert-OH is 1. The predicted octanol–water partition coefficient (Wildman–Crippen LogP) is -0.526. The molecule has 1 aromatic rings. The van der Waals surface area contributed by atoms with Crippen LogP contribution in [0.15, 0.2) is 24.5 Å². The van der Waals surface area contributed by atoms with Crippen molar-refractivity contribution >= 4 is 16.0 Å². The molecule has 0 aromatic carbocycles. The zero-order chi connectivity index (χ0) is 14.8. The lowest BCUT2D eigenvalue weighted by atomic mass is 10.2. The number of carboxylic acids is 1. The second-order valence-corrected chi connectivity index (χ2v) is 6.78. The van der Waals surface area contributed by atoms with Crippen LogP contribution in [0.1, 0.15) is 12.0 Å². The lowest BCUT2D eigenvalue weighted by Crippen LogP contribution is -2.42. The summed E-state index contributed by atoms with van der Waals surface area (Å²) in [5, 5.41) is 18.5. The zero-order valence-corrected chi connectivity index (χ0v) is 11.5. The maximum Gasteiger partial charge on any atom is 0.322 e. The molecule has 1 saturated heterocycles. The van der Waals surface area contributed by atoms with Crippen molar-refractivity contribution in [2.75, 3.05) is 12.3 Å². The van der Waals surface area contributed by atoms with Crippen molar-refractivity contribution in [1.82, 2.24) is 9.29 Å². The highest BCUT2D eigenvalue weighted by molar-refractivity contribution is 7.89. The maximum atomic E-state index is 12.2. The van der Waals surface area contributed by atoms with Gasteiger partial charge in [0, 0.05) is 25.4 Å². The summed E-state index contributed by atoms with van der Waals surface area (Å²) >= 11 is 0. The largest absolute Gasteiger partial charge is 0.480 e. The van der Waals surface area contributed by atoms with Crippen LogP contribution in [0.5, 0.6) is 0 Å². The molecule has 2 atom stereocenters. The van der Waals surface area contributed by atoms with Crippen LogP contribution in [0.2, 0.25) is 0 Å². The molecule has 1 aromatic heterocycles. The molecule has 8 heteroatoms. The number of pyridine rings is 1. The molecule has 1 aliphatic rings. The molecule has 20 heavy (non-hydrogen) atoms. The number of sulfonamides is 1. The average Bonchev–Trinajstić information content (AvgIpc) is 2.81. The number of aliphatic carboxylic acids is 1. The molecule has 0 spiro atoms. The Kier molecular flexibility index (Phi) is 4.36. The van der Waals surface area contributed by atoms with Crippen LogP contribution in [0.25, 0.3) is 0 Å². The van der Waals surface area contributed by atoms with Gasteiger partial charge in [-0.15, -0.1) is 0 Å². The quantitative estimate of drug-likeness (QED) is 0.757. The SMILES string of the molecule is O=C(O)[C@@H]1CC(O)CN1S(=O)(=O)CCc1ccncc1. The summed E-state index contributed by atoms with van der Waals surface area (Å²) in [5.74, 6) is -1.41. The van der Waals surface area contributed by atoms with E-state index in [1.54, 1.807) is 24.5 Å². The van der Waals surface area contributed by atoms with Crippen molar-refractivity contribution < 1.29 is 23.4 Å². The van der Waals surface area contributed by atoms with E-state index >= 15 is 0 Å². The van der Waals surface area contributed by atoms with Gasteiger partial charge in [-0.05, 0) is 24.1 Å². The Morgan fingerprint density at radius 1 is 1.40 bits per heavy atom. The average molecular weight is 300 g/mol. The third-order valence-corrected chi connectivity index (χ3v) is 5.11. The molecule has 1 unspecified atom stereocenters. The van der Waals surface area contributed by atoms with Crippen LogP contribution in [0.4, 0.5) is 0 Å². The first-order valence-corrected chi connectivity index (χ1v) is 7.80. The van der Waals surface area contributed by atoms with Gasteiger partial charge in [-0.2, -0.15) is 4.31 Å². The van der Waals surface area contributed by atoms with E-state index in [4.69, 9.17) is 5.11 Å². The van der Waals surface area contributed by atoms with Crippen LogP contribution in [-0.4, -0.2) is 58.3 Å². The summed E-state index contributed by atoms with van der Waals surface area (Å²) in [4.78, 5) is 14.9. The molecule has 0 aliphatic carbocycles. The van der Waals surface area contributed by atoms with Crippen molar-refractivity contribution in [3.63, 3.8) is 0 Å². The fourth-order valence-electron chi connectivity index (χ4n) is 2.23. The van der Waals surface area contributed by atoms with Gasteiger partial charge in [0.05, 0.1) is 11.9 Å². The Morgan fingerprint density at radius 3 is 2.65 bits per heavy atom. The van der Waals surface area contributed by atoms with E-state index < -0.39 is 28.1 Å². The number of carbonyl (C=O) groups is 1. The van der Waals surface area contributed by atoms with Crippen LogP contribution >= 0.6 is 0 Å². The van der Waals surface area contributed by atoms with Gasteiger partial charge in [-0.1, -0.05) is 0 Å². The fourth-order valence-corrected chi connectivity index (χ4v) is 3.92. The van der Waals surface area contributed by atoms with Crippen LogP contribution in [0, 0.1) is 0 Å². The first-order chi connectivity index (χ1) is 9.40. The summed E-state index contributed by atoms with van der Waals surface area (Å²) in [6.45, 7) is -0.157. The zero-order valence-electron chi connectivity index (χ0n) is 10.7. The van der Waals surface area contributed by atoms with Crippen molar-refractivity contribution in [3.8, 4) is 0 Å². The first kappa shape index (κ1) is 14.9. The second kappa shape index (κ2) is 5.86. The van der Waals surface area contributed by atoms with Crippen LogP contribution in [0.3, 0.4) is 0 Å². The van der Waals surface area contributed by atoms with E-state index in [-0.39, 0.29) is 25.1 Å². The smallest absolute Gasteiger partial charge is 0.322 e. The van der Waals surface area contributed by atoms with E-state index in [9.17, 15) is 18.3 Å². The van der Waals surface area contributed by atoms with E-state index in [2.05, 4.69) is 4.98 Å². The Labute approximate surface area is 116 Å². The van der Waals surface area contributed by atoms with Gasteiger partial charge in [-0.3, -0.25) is 9.78 Å². The summed E-state index contributed by atoms with van der Waals surface area (Å²) in [6.07, 6.45) is 2.43. The molecule has 1 fully saturated rings. The van der Waals surface area contributed by atoms with Crippen molar-refractivity contribution in [3.05, 3.63) is 30.1 Å². The molecule has 2 N–H and O–H groups in total. The van der Waals surface area contributed by atoms with Crippen LogP contribution < -0.4 is 0 Å². The maximum absolute atomic E-state index is 12.2. The summed E-state index contributed by atoms with van der Waals surface area (Å²) in [7, 11) is -3.71. The monoisotopic (exact) mass is 300 g/mol. The molecule has 1 aliphatic heterocycles. The van der Waals surface area contributed by atoms with Crippen molar-refractivity contribution in [2.24, 2.45) is 0 Å². The van der Waals surface area contributed by atoms with Crippen LogP contribution in [-0.2, 0) is 21.2 Å². The van der Waals surface area contributed by atoms with Gasteiger partial charge in [0.15, 0.2) is 0 Å². The fraction of sp³-hybridized carbons (Fsp3) is 0.500. The molecular weight excluding hydrogens is 284 g/mol. The minimum atomic E-state index is -3.71. The van der Waals surface area contributed by atoms with E-state index in [1.807, 2.05) is 0 Å². The van der Waals surface area contributed by atoms with Gasteiger partial charge in [0.25, 0.3) is 0 Å². The minimum Gasteiger partial charge on any atom is -0.480 e.